The molecule has 1 atom stereocenters. The fourth-order valence-corrected chi connectivity index (χ4v) is 2.32. The summed E-state index contributed by atoms with van der Waals surface area (Å²) in [5, 5.41) is 5.50. The molecule has 2 aromatic rings. The van der Waals surface area contributed by atoms with Crippen LogP contribution < -0.4 is 15.5 Å². The van der Waals surface area contributed by atoms with Crippen LogP contribution in [-0.2, 0) is 16.1 Å². The number of nitrogens with one attached hydrogen (secondary N) is 2. The van der Waals surface area contributed by atoms with Gasteiger partial charge in [-0.15, -0.1) is 0 Å². The molecule has 0 unspecified atom stereocenters. The van der Waals surface area contributed by atoms with E-state index in [-0.39, 0.29) is 11.8 Å². The van der Waals surface area contributed by atoms with Crippen molar-refractivity contribution in [1.82, 2.24) is 10.6 Å². The minimum absolute atomic E-state index is 0.219. The average Bonchev–Trinajstić information content (AvgIpc) is 2.65. The smallest absolute Gasteiger partial charge is 0.244 e. The highest BCUT2D eigenvalue weighted by molar-refractivity contribution is 5.95. The topological polar surface area (TPSA) is 61.4 Å². The van der Waals surface area contributed by atoms with Crippen LogP contribution in [0.5, 0.6) is 0 Å². The molecular formula is C21H25N3O2. The van der Waals surface area contributed by atoms with E-state index in [2.05, 4.69) is 10.6 Å². The molecule has 0 aliphatic rings. The van der Waals surface area contributed by atoms with E-state index in [1.54, 1.807) is 13.0 Å². The minimum atomic E-state index is -0.607. The van der Waals surface area contributed by atoms with Crippen LogP contribution in [0.4, 0.5) is 5.69 Å². The molecule has 5 heteroatoms. The lowest BCUT2D eigenvalue weighted by Gasteiger charge is -2.14. The molecule has 0 bridgehead atoms. The maximum absolute atomic E-state index is 12.1. The largest absolute Gasteiger partial charge is 0.378 e. The third-order valence-corrected chi connectivity index (χ3v) is 3.90. The van der Waals surface area contributed by atoms with Gasteiger partial charge in [0.2, 0.25) is 11.8 Å². The van der Waals surface area contributed by atoms with E-state index in [1.807, 2.05) is 73.6 Å². The van der Waals surface area contributed by atoms with E-state index in [1.165, 1.54) is 6.08 Å². The molecule has 0 heterocycles. The number of amides is 2. The van der Waals surface area contributed by atoms with Crippen molar-refractivity contribution in [3.8, 4) is 0 Å². The number of hydrogen-bond donors (Lipinski definition) is 2. The van der Waals surface area contributed by atoms with Gasteiger partial charge >= 0.3 is 0 Å². The predicted octanol–water partition coefficient (Wildman–Crippen LogP) is 2.59. The summed E-state index contributed by atoms with van der Waals surface area (Å²) in [6, 6.07) is 16.9. The second-order valence-electron chi connectivity index (χ2n) is 6.25. The van der Waals surface area contributed by atoms with E-state index in [4.69, 9.17) is 0 Å². The number of hydrogen-bond acceptors (Lipinski definition) is 3. The molecule has 2 rings (SSSR count). The monoisotopic (exact) mass is 351 g/mol. The van der Waals surface area contributed by atoms with Crippen LogP contribution >= 0.6 is 0 Å². The lowest BCUT2D eigenvalue weighted by molar-refractivity contribution is -0.126. The molecule has 0 fully saturated rings. The van der Waals surface area contributed by atoms with Crippen molar-refractivity contribution in [1.29, 1.82) is 0 Å². The van der Waals surface area contributed by atoms with Gasteiger partial charge in [0.1, 0.15) is 6.04 Å². The quantitative estimate of drug-likeness (QED) is 0.754. The van der Waals surface area contributed by atoms with Crippen molar-refractivity contribution in [3.05, 3.63) is 71.8 Å². The average molecular weight is 351 g/mol. The van der Waals surface area contributed by atoms with Crippen LogP contribution in [0.3, 0.4) is 0 Å². The van der Waals surface area contributed by atoms with E-state index in [9.17, 15) is 9.59 Å². The summed E-state index contributed by atoms with van der Waals surface area (Å²) in [5.41, 5.74) is 3.04. The van der Waals surface area contributed by atoms with Crippen LogP contribution in [0.1, 0.15) is 18.1 Å². The third kappa shape index (κ3) is 6.09. The Morgan fingerprint density at radius 3 is 2.31 bits per heavy atom. The molecule has 0 saturated heterocycles. The molecule has 0 aromatic heterocycles. The minimum Gasteiger partial charge on any atom is -0.378 e. The summed E-state index contributed by atoms with van der Waals surface area (Å²) in [5.74, 6) is -0.519. The fourth-order valence-electron chi connectivity index (χ4n) is 2.32. The molecule has 0 saturated carbocycles. The normalized spacial score (nSPS) is 11.8. The summed E-state index contributed by atoms with van der Waals surface area (Å²) >= 11 is 0. The van der Waals surface area contributed by atoms with Gasteiger partial charge in [-0.1, -0.05) is 42.5 Å². The zero-order valence-electron chi connectivity index (χ0n) is 15.4. The SMILES string of the molecule is C[C@H](NC(=O)/C=C/c1ccccc1)C(=O)NCc1ccc(N(C)C)cc1. The third-order valence-electron chi connectivity index (χ3n) is 3.90. The van der Waals surface area contributed by atoms with E-state index >= 15 is 0 Å². The first-order valence-electron chi connectivity index (χ1n) is 8.53. The maximum Gasteiger partial charge on any atom is 0.244 e. The van der Waals surface area contributed by atoms with Crippen LogP contribution in [-0.4, -0.2) is 32.0 Å². The molecule has 2 amide bonds. The Balaban J connectivity index is 1.79. The van der Waals surface area contributed by atoms with Gasteiger partial charge in [-0.05, 0) is 36.3 Å². The highest BCUT2D eigenvalue weighted by atomic mass is 16.2. The number of carbonyl (C=O) groups excluding carboxylic acids is 2. The molecule has 2 aromatic carbocycles. The summed E-state index contributed by atoms with van der Waals surface area (Å²) < 4.78 is 0. The fraction of sp³-hybridized carbons (Fsp3) is 0.238. The zero-order valence-corrected chi connectivity index (χ0v) is 15.4. The van der Waals surface area contributed by atoms with Crippen LogP contribution in [0.25, 0.3) is 6.08 Å². The summed E-state index contributed by atoms with van der Waals surface area (Å²) in [7, 11) is 3.96. The van der Waals surface area contributed by atoms with Gasteiger partial charge in [0.15, 0.2) is 0 Å². The van der Waals surface area contributed by atoms with Crippen molar-refractivity contribution >= 4 is 23.6 Å². The Bertz CT molecular complexity index is 753. The zero-order chi connectivity index (χ0) is 18.9. The number of anilines is 1. The molecule has 136 valence electrons. The highest BCUT2D eigenvalue weighted by Crippen LogP contribution is 2.12. The van der Waals surface area contributed by atoms with Crippen molar-refractivity contribution in [2.45, 2.75) is 19.5 Å². The van der Waals surface area contributed by atoms with Crippen LogP contribution in [0.15, 0.2) is 60.7 Å². The summed E-state index contributed by atoms with van der Waals surface area (Å²) in [6.07, 6.45) is 3.14. The van der Waals surface area contributed by atoms with Gasteiger partial charge in [-0.2, -0.15) is 0 Å². The van der Waals surface area contributed by atoms with Gasteiger partial charge in [0.25, 0.3) is 0 Å². The molecule has 0 aliphatic carbocycles. The molecule has 26 heavy (non-hydrogen) atoms. The maximum atomic E-state index is 12.1. The first kappa shape index (κ1) is 19.2. The number of carbonyl (C=O) groups is 2. The van der Waals surface area contributed by atoms with Crippen molar-refractivity contribution < 1.29 is 9.59 Å². The van der Waals surface area contributed by atoms with Crippen molar-refractivity contribution in [2.75, 3.05) is 19.0 Å². The van der Waals surface area contributed by atoms with Gasteiger partial charge in [0, 0.05) is 32.4 Å². The van der Waals surface area contributed by atoms with Crippen LogP contribution in [0, 0.1) is 0 Å². The lowest BCUT2D eigenvalue weighted by Crippen LogP contribution is -2.44. The second kappa shape index (κ2) is 9.42. The first-order valence-corrected chi connectivity index (χ1v) is 8.53. The predicted molar refractivity (Wildman–Crippen MR) is 106 cm³/mol. The summed E-state index contributed by atoms with van der Waals surface area (Å²) in [6.45, 7) is 2.09. The first-order chi connectivity index (χ1) is 12.5. The van der Waals surface area contributed by atoms with E-state index in [0.29, 0.717) is 6.54 Å². The lowest BCUT2D eigenvalue weighted by atomic mass is 10.2. The Morgan fingerprint density at radius 1 is 1.04 bits per heavy atom. The Labute approximate surface area is 154 Å². The molecule has 5 nitrogen and oxygen atoms in total. The molecule has 0 radical (unpaired) electrons. The van der Waals surface area contributed by atoms with Crippen LogP contribution in [0.2, 0.25) is 0 Å². The van der Waals surface area contributed by atoms with Gasteiger partial charge in [0.05, 0.1) is 0 Å². The van der Waals surface area contributed by atoms with Crippen molar-refractivity contribution in [3.63, 3.8) is 0 Å². The number of benzene rings is 2. The Morgan fingerprint density at radius 2 is 1.69 bits per heavy atom. The second-order valence-corrected chi connectivity index (χ2v) is 6.25. The Kier molecular flexibility index (Phi) is 6.97. The number of rotatable bonds is 7. The molecule has 2 N–H and O–H groups in total. The van der Waals surface area contributed by atoms with Gasteiger partial charge in [-0.3, -0.25) is 9.59 Å². The van der Waals surface area contributed by atoms with E-state index < -0.39 is 6.04 Å². The Hall–Kier alpha value is -3.08. The van der Waals surface area contributed by atoms with Crippen molar-refractivity contribution in [2.24, 2.45) is 0 Å². The van der Waals surface area contributed by atoms with Gasteiger partial charge < -0.3 is 15.5 Å². The molecule has 0 spiro atoms. The highest BCUT2D eigenvalue weighted by Gasteiger charge is 2.13. The summed E-state index contributed by atoms with van der Waals surface area (Å²) in [4.78, 5) is 26.1. The molecule has 0 aliphatic heterocycles. The van der Waals surface area contributed by atoms with E-state index in [0.717, 1.165) is 16.8 Å². The standard InChI is InChI=1S/C21H25N3O2/c1-16(23-20(25)14-11-17-7-5-4-6-8-17)21(26)22-15-18-9-12-19(13-10-18)24(2)3/h4-14,16H,15H2,1-3H3,(H,22,26)(H,23,25)/b14-11+/t16-/m0/s1. The molecular weight excluding hydrogens is 326 g/mol. The number of nitrogens with zero attached hydrogens (tertiary/aromatic N) is 1. The van der Waals surface area contributed by atoms with Gasteiger partial charge in [-0.25, -0.2) is 0 Å².